The molecule has 0 saturated heterocycles. The Morgan fingerprint density at radius 3 is 2.63 bits per heavy atom. The van der Waals surface area contributed by atoms with Gasteiger partial charge in [0.2, 0.25) is 0 Å². The fourth-order valence-corrected chi connectivity index (χ4v) is 3.57. The molecule has 176 valence electrons. The Morgan fingerprint density at radius 2 is 1.83 bits per heavy atom. The third-order valence-electron chi connectivity index (χ3n) is 4.94. The van der Waals surface area contributed by atoms with E-state index in [4.69, 9.17) is 21.1 Å². The van der Waals surface area contributed by atoms with Crippen molar-refractivity contribution in [3.05, 3.63) is 77.4 Å². The number of pyridine rings is 1. The molecule has 0 fully saturated rings. The zero-order valence-corrected chi connectivity index (χ0v) is 19.3. The van der Waals surface area contributed by atoms with Crippen molar-refractivity contribution in [2.24, 2.45) is 7.05 Å². The molecule has 3 heterocycles. The number of nitrogens with one attached hydrogen (secondary N) is 1. The quantitative estimate of drug-likeness (QED) is 0.352. The molecule has 0 bridgehead atoms. The molecule has 0 unspecified atom stereocenters. The fourth-order valence-electron chi connectivity index (χ4n) is 3.36. The van der Waals surface area contributed by atoms with Gasteiger partial charge in [-0.3, -0.25) is 4.79 Å². The standard InChI is InChI=1S/C23H19ClN8O3/c1-31-22(28-29-30-31)32-18-11-6-10-17(24)21(18)27-23(32)35-13-15-7-5-12-19(25-15)26-20(33)14-34-16-8-3-2-4-9-16/h2-12H,13-14H2,1H3,(H,25,26,33). The molecule has 11 nitrogen and oxygen atoms in total. The van der Waals surface area contributed by atoms with Gasteiger partial charge >= 0.3 is 6.01 Å². The van der Waals surface area contributed by atoms with Crippen LogP contribution in [0.1, 0.15) is 5.69 Å². The molecule has 12 heteroatoms. The summed E-state index contributed by atoms with van der Waals surface area (Å²) in [4.78, 5) is 21.2. The molecule has 0 aliphatic heterocycles. The molecule has 0 saturated carbocycles. The number of fused-ring (bicyclic) bond motifs is 1. The maximum Gasteiger partial charge on any atom is 0.305 e. The fraction of sp³-hybridized carbons (Fsp3) is 0.130. The zero-order valence-electron chi connectivity index (χ0n) is 18.5. The van der Waals surface area contributed by atoms with Gasteiger partial charge in [0.15, 0.2) is 6.61 Å². The maximum atomic E-state index is 12.3. The van der Waals surface area contributed by atoms with Gasteiger partial charge in [-0.25, -0.2) is 14.2 Å². The summed E-state index contributed by atoms with van der Waals surface area (Å²) < 4.78 is 14.6. The number of benzene rings is 2. The first-order valence-electron chi connectivity index (χ1n) is 10.5. The number of tetrazole rings is 1. The number of hydrogen-bond donors (Lipinski definition) is 1. The highest BCUT2D eigenvalue weighted by Gasteiger charge is 2.20. The van der Waals surface area contributed by atoms with Gasteiger partial charge in [0.25, 0.3) is 11.9 Å². The van der Waals surface area contributed by atoms with E-state index < -0.39 is 0 Å². The van der Waals surface area contributed by atoms with E-state index >= 15 is 0 Å². The van der Waals surface area contributed by atoms with E-state index in [-0.39, 0.29) is 25.1 Å². The van der Waals surface area contributed by atoms with Gasteiger partial charge in [0, 0.05) is 7.05 Å². The molecule has 2 aromatic carbocycles. The number of imidazole rings is 1. The molecule has 0 aliphatic rings. The van der Waals surface area contributed by atoms with Gasteiger partial charge in [0.05, 0.1) is 16.2 Å². The number of aryl methyl sites for hydroxylation is 1. The number of amides is 1. The van der Waals surface area contributed by atoms with Crippen LogP contribution in [0, 0.1) is 0 Å². The highest BCUT2D eigenvalue weighted by atomic mass is 35.5. The average molecular weight is 491 g/mol. The number of carbonyl (C=O) groups excluding carboxylic acids is 1. The van der Waals surface area contributed by atoms with E-state index in [1.165, 1.54) is 4.68 Å². The highest BCUT2D eigenvalue weighted by molar-refractivity contribution is 6.35. The highest BCUT2D eigenvalue weighted by Crippen LogP contribution is 2.29. The van der Waals surface area contributed by atoms with Crippen LogP contribution in [0.2, 0.25) is 5.02 Å². The Bertz CT molecular complexity index is 1480. The predicted octanol–water partition coefficient (Wildman–Crippen LogP) is 3.19. The van der Waals surface area contributed by atoms with Crippen molar-refractivity contribution in [2.75, 3.05) is 11.9 Å². The van der Waals surface area contributed by atoms with E-state index in [2.05, 4.69) is 30.8 Å². The molecule has 0 aliphatic carbocycles. The van der Waals surface area contributed by atoms with E-state index in [1.807, 2.05) is 30.3 Å². The van der Waals surface area contributed by atoms with Crippen LogP contribution in [0.3, 0.4) is 0 Å². The van der Waals surface area contributed by atoms with Crippen molar-refractivity contribution in [1.29, 1.82) is 0 Å². The van der Waals surface area contributed by atoms with Gasteiger partial charge in [-0.05, 0) is 46.8 Å². The second kappa shape index (κ2) is 9.77. The average Bonchev–Trinajstić information content (AvgIpc) is 3.45. The molecule has 1 N–H and O–H groups in total. The normalized spacial score (nSPS) is 10.9. The number of aromatic nitrogens is 7. The van der Waals surface area contributed by atoms with Crippen LogP contribution in [0.15, 0.2) is 66.7 Å². The molecule has 1 amide bonds. The Hall–Kier alpha value is -4.51. The number of ether oxygens (including phenoxy) is 2. The van der Waals surface area contributed by atoms with Crippen LogP contribution in [0.25, 0.3) is 17.0 Å². The summed E-state index contributed by atoms with van der Waals surface area (Å²) in [5.41, 5.74) is 1.82. The lowest BCUT2D eigenvalue weighted by Gasteiger charge is -2.10. The van der Waals surface area contributed by atoms with Crippen LogP contribution >= 0.6 is 11.6 Å². The minimum absolute atomic E-state index is 0.0798. The zero-order chi connectivity index (χ0) is 24.2. The van der Waals surface area contributed by atoms with Crippen LogP contribution in [0.5, 0.6) is 11.8 Å². The summed E-state index contributed by atoms with van der Waals surface area (Å²) in [6.45, 7) is -0.0562. The topological polar surface area (TPSA) is 122 Å². The number of rotatable bonds is 8. The molecule has 0 spiro atoms. The van der Waals surface area contributed by atoms with Gasteiger partial charge in [0.1, 0.15) is 23.7 Å². The van der Waals surface area contributed by atoms with Gasteiger partial charge in [-0.15, -0.1) is 0 Å². The van der Waals surface area contributed by atoms with E-state index in [1.54, 1.807) is 48.0 Å². The van der Waals surface area contributed by atoms with E-state index in [0.717, 1.165) is 0 Å². The van der Waals surface area contributed by atoms with Crippen LogP contribution < -0.4 is 14.8 Å². The monoisotopic (exact) mass is 490 g/mol. The first-order valence-corrected chi connectivity index (χ1v) is 10.9. The Labute approximate surface area is 204 Å². The Kier molecular flexibility index (Phi) is 6.22. The number of hydrogen-bond acceptors (Lipinski definition) is 8. The van der Waals surface area contributed by atoms with Gasteiger partial charge in [-0.1, -0.05) is 47.0 Å². The van der Waals surface area contributed by atoms with Crippen LogP contribution in [-0.2, 0) is 18.4 Å². The summed E-state index contributed by atoms with van der Waals surface area (Å²) in [5.74, 6) is 1.07. The van der Waals surface area contributed by atoms with Crippen molar-refractivity contribution in [3.63, 3.8) is 0 Å². The largest absolute Gasteiger partial charge is 0.484 e. The second-order valence-electron chi connectivity index (χ2n) is 7.39. The smallest absolute Gasteiger partial charge is 0.305 e. The summed E-state index contributed by atoms with van der Waals surface area (Å²) >= 11 is 6.34. The van der Waals surface area contributed by atoms with Gasteiger partial charge < -0.3 is 14.8 Å². The first kappa shape index (κ1) is 22.3. The minimum Gasteiger partial charge on any atom is -0.484 e. The van der Waals surface area contributed by atoms with Gasteiger partial charge in [-0.2, -0.15) is 4.98 Å². The Balaban J connectivity index is 1.31. The summed E-state index contributed by atoms with van der Waals surface area (Å²) in [7, 11) is 1.71. The third-order valence-corrected chi connectivity index (χ3v) is 5.24. The molecule has 35 heavy (non-hydrogen) atoms. The number of nitrogens with zero attached hydrogens (tertiary/aromatic N) is 7. The predicted molar refractivity (Wildman–Crippen MR) is 128 cm³/mol. The van der Waals surface area contributed by atoms with E-state index in [9.17, 15) is 4.79 Å². The molecular formula is C23H19ClN8O3. The third kappa shape index (κ3) is 4.89. The minimum atomic E-state index is -0.328. The summed E-state index contributed by atoms with van der Waals surface area (Å²) in [6, 6.07) is 20.0. The van der Waals surface area contributed by atoms with Crippen molar-refractivity contribution < 1.29 is 14.3 Å². The number of para-hydroxylation sites is 2. The lowest BCUT2D eigenvalue weighted by molar-refractivity contribution is -0.118. The van der Waals surface area contributed by atoms with Crippen LogP contribution in [-0.4, -0.2) is 47.3 Å². The Morgan fingerprint density at radius 1 is 1.00 bits per heavy atom. The van der Waals surface area contributed by atoms with Crippen molar-refractivity contribution in [1.82, 2.24) is 34.7 Å². The summed E-state index contributed by atoms with van der Waals surface area (Å²) in [5, 5.41) is 14.9. The molecule has 3 aromatic heterocycles. The second-order valence-corrected chi connectivity index (χ2v) is 7.80. The lowest BCUT2D eigenvalue weighted by atomic mass is 10.3. The summed E-state index contributed by atoms with van der Waals surface area (Å²) in [6.07, 6.45) is 0. The SMILES string of the molecule is Cn1nnnc1-n1c(OCc2cccc(NC(=O)COc3ccccc3)n2)nc2c(Cl)cccc21. The maximum absolute atomic E-state index is 12.3. The molecule has 5 aromatic rings. The lowest BCUT2D eigenvalue weighted by Crippen LogP contribution is -2.21. The molecule has 0 radical (unpaired) electrons. The van der Waals surface area contributed by atoms with Crippen molar-refractivity contribution in [3.8, 4) is 17.7 Å². The number of halogens is 1. The van der Waals surface area contributed by atoms with E-state index in [0.29, 0.717) is 39.3 Å². The number of anilines is 1. The van der Waals surface area contributed by atoms with Crippen LogP contribution in [0.4, 0.5) is 5.82 Å². The first-order chi connectivity index (χ1) is 17.1. The van der Waals surface area contributed by atoms with Crippen molar-refractivity contribution in [2.45, 2.75) is 6.61 Å². The molecule has 0 atom stereocenters. The van der Waals surface area contributed by atoms with Crippen molar-refractivity contribution >= 4 is 34.4 Å². The molecular weight excluding hydrogens is 472 g/mol. The number of carbonyl (C=O) groups is 1. The molecule has 5 rings (SSSR count).